The molecule has 0 saturated carbocycles. The van der Waals surface area contributed by atoms with E-state index in [1.807, 2.05) is 47.8 Å². The summed E-state index contributed by atoms with van der Waals surface area (Å²) in [6, 6.07) is 18.2. The molecule has 0 atom stereocenters. The first-order chi connectivity index (χ1) is 14.1. The normalized spacial score (nSPS) is 11.2. The SMILES string of the molecule is O=c1c(O)c(-c2cn(-c3ccccc3)nc2-c2cccs2)oc2ccc(Cl)cc12. The maximum atomic E-state index is 12.8. The van der Waals surface area contributed by atoms with Gasteiger partial charge in [-0.15, -0.1) is 11.3 Å². The molecule has 0 fully saturated rings. The lowest BCUT2D eigenvalue weighted by Gasteiger charge is -2.06. The molecule has 3 aromatic heterocycles. The number of hydrogen-bond acceptors (Lipinski definition) is 5. The van der Waals surface area contributed by atoms with E-state index in [1.54, 1.807) is 23.0 Å². The molecule has 0 unspecified atom stereocenters. The second-order valence-corrected chi connectivity index (χ2v) is 7.78. The van der Waals surface area contributed by atoms with Crippen molar-refractivity contribution in [3.8, 4) is 33.3 Å². The molecule has 3 heterocycles. The maximum Gasteiger partial charge on any atom is 0.235 e. The van der Waals surface area contributed by atoms with Crippen LogP contribution in [0.15, 0.2) is 81.5 Å². The van der Waals surface area contributed by atoms with E-state index in [4.69, 9.17) is 21.1 Å². The van der Waals surface area contributed by atoms with Crippen LogP contribution in [0, 0.1) is 0 Å². The van der Waals surface area contributed by atoms with Gasteiger partial charge in [0.2, 0.25) is 11.2 Å². The second kappa shape index (κ2) is 6.92. The number of halogens is 1. The molecule has 0 radical (unpaired) electrons. The van der Waals surface area contributed by atoms with Gasteiger partial charge in [-0.05, 0) is 41.8 Å². The van der Waals surface area contributed by atoms with Crippen molar-refractivity contribution in [2.24, 2.45) is 0 Å². The fourth-order valence-electron chi connectivity index (χ4n) is 3.19. The van der Waals surface area contributed by atoms with E-state index in [1.165, 1.54) is 17.4 Å². The van der Waals surface area contributed by atoms with Crippen LogP contribution in [-0.2, 0) is 0 Å². The molecule has 7 heteroatoms. The van der Waals surface area contributed by atoms with Crippen molar-refractivity contribution in [1.82, 2.24) is 9.78 Å². The third-order valence-electron chi connectivity index (χ3n) is 4.56. The summed E-state index contributed by atoms with van der Waals surface area (Å²) in [6.07, 6.45) is 1.75. The van der Waals surface area contributed by atoms with Crippen molar-refractivity contribution in [2.45, 2.75) is 0 Å². The Morgan fingerprint density at radius 1 is 1.07 bits per heavy atom. The van der Waals surface area contributed by atoms with E-state index in [-0.39, 0.29) is 11.1 Å². The molecule has 1 N–H and O–H groups in total. The summed E-state index contributed by atoms with van der Waals surface area (Å²) < 4.78 is 7.65. The smallest absolute Gasteiger partial charge is 0.235 e. The molecule has 0 aliphatic rings. The number of aromatic nitrogens is 2. The minimum atomic E-state index is -0.534. The van der Waals surface area contributed by atoms with Crippen LogP contribution < -0.4 is 5.43 Å². The second-order valence-electron chi connectivity index (χ2n) is 6.40. The van der Waals surface area contributed by atoms with E-state index in [2.05, 4.69) is 0 Å². The third-order valence-corrected chi connectivity index (χ3v) is 5.67. The Morgan fingerprint density at radius 3 is 2.66 bits per heavy atom. The van der Waals surface area contributed by atoms with Gasteiger partial charge in [0.15, 0.2) is 5.76 Å². The van der Waals surface area contributed by atoms with E-state index < -0.39 is 11.2 Å². The Balaban J connectivity index is 1.80. The fraction of sp³-hybridized carbons (Fsp3) is 0. The topological polar surface area (TPSA) is 68.3 Å². The Bertz CT molecular complexity index is 1390. The summed E-state index contributed by atoms with van der Waals surface area (Å²) in [5.41, 5.74) is 1.81. The molecule has 29 heavy (non-hydrogen) atoms. The van der Waals surface area contributed by atoms with Crippen LogP contribution in [0.2, 0.25) is 5.02 Å². The van der Waals surface area contributed by atoms with E-state index >= 15 is 0 Å². The van der Waals surface area contributed by atoms with Crippen molar-refractivity contribution >= 4 is 33.9 Å². The van der Waals surface area contributed by atoms with Crippen LogP contribution in [-0.4, -0.2) is 14.9 Å². The molecule has 0 saturated heterocycles. The zero-order valence-corrected chi connectivity index (χ0v) is 16.4. The molecule has 5 aromatic rings. The molecule has 5 nitrogen and oxygen atoms in total. The lowest BCUT2D eigenvalue weighted by molar-refractivity contribution is 0.449. The molecule has 2 aromatic carbocycles. The van der Waals surface area contributed by atoms with Crippen molar-refractivity contribution < 1.29 is 9.52 Å². The van der Waals surface area contributed by atoms with Crippen LogP contribution in [0.3, 0.4) is 0 Å². The average molecular weight is 421 g/mol. The predicted octanol–water partition coefficient (Wildman–Crippen LogP) is 5.73. The van der Waals surface area contributed by atoms with Gasteiger partial charge >= 0.3 is 0 Å². The van der Waals surface area contributed by atoms with Gasteiger partial charge in [-0.25, -0.2) is 4.68 Å². The third kappa shape index (κ3) is 3.03. The molecule has 0 bridgehead atoms. The van der Waals surface area contributed by atoms with E-state index in [0.717, 1.165) is 10.6 Å². The number of benzene rings is 2. The Kier molecular flexibility index (Phi) is 4.23. The molecular weight excluding hydrogens is 408 g/mol. The quantitative estimate of drug-likeness (QED) is 0.404. The number of fused-ring (bicyclic) bond motifs is 1. The number of para-hydroxylation sites is 1. The van der Waals surface area contributed by atoms with Gasteiger partial charge in [0, 0.05) is 11.2 Å². The highest BCUT2D eigenvalue weighted by atomic mass is 35.5. The van der Waals surface area contributed by atoms with E-state index in [9.17, 15) is 9.90 Å². The van der Waals surface area contributed by atoms with Gasteiger partial charge in [-0.2, -0.15) is 5.10 Å². The summed E-state index contributed by atoms with van der Waals surface area (Å²) in [5.74, 6) is -0.388. The van der Waals surface area contributed by atoms with Gasteiger partial charge in [0.05, 0.1) is 21.5 Å². The number of nitrogens with zero attached hydrogens (tertiary/aromatic N) is 2. The minimum Gasteiger partial charge on any atom is -0.502 e. The lowest BCUT2D eigenvalue weighted by atomic mass is 10.1. The van der Waals surface area contributed by atoms with Gasteiger partial charge in [0.1, 0.15) is 11.3 Å². The van der Waals surface area contributed by atoms with Crippen molar-refractivity contribution in [3.63, 3.8) is 0 Å². The summed E-state index contributed by atoms with van der Waals surface area (Å²) in [7, 11) is 0. The average Bonchev–Trinajstić information content (AvgIpc) is 3.41. The van der Waals surface area contributed by atoms with Crippen LogP contribution in [0.25, 0.3) is 38.6 Å². The largest absolute Gasteiger partial charge is 0.502 e. The monoisotopic (exact) mass is 420 g/mol. The fourth-order valence-corrected chi connectivity index (χ4v) is 4.08. The molecule has 0 amide bonds. The van der Waals surface area contributed by atoms with Crippen molar-refractivity contribution in [3.05, 3.63) is 87.5 Å². The molecule has 0 spiro atoms. The summed E-state index contributed by atoms with van der Waals surface area (Å²) in [6.45, 7) is 0. The highest BCUT2D eigenvalue weighted by molar-refractivity contribution is 7.13. The minimum absolute atomic E-state index is 0.0791. The highest BCUT2D eigenvalue weighted by Gasteiger charge is 2.23. The molecule has 0 aliphatic heterocycles. The first-order valence-electron chi connectivity index (χ1n) is 8.76. The number of rotatable bonds is 3. The van der Waals surface area contributed by atoms with Crippen LogP contribution >= 0.6 is 22.9 Å². The summed E-state index contributed by atoms with van der Waals surface area (Å²) in [4.78, 5) is 13.7. The molecule has 0 aliphatic carbocycles. The van der Waals surface area contributed by atoms with E-state index in [0.29, 0.717) is 21.9 Å². The number of aromatic hydroxyl groups is 1. The standard InChI is InChI=1S/C22H13ClN2O3S/c23-13-8-9-17-15(11-13)20(26)21(27)22(28-17)16-12-25(14-5-2-1-3-6-14)24-19(16)18-7-4-10-29-18/h1-12,27H. The van der Waals surface area contributed by atoms with Crippen LogP contribution in [0.4, 0.5) is 0 Å². The van der Waals surface area contributed by atoms with Crippen LogP contribution in [0.1, 0.15) is 0 Å². The van der Waals surface area contributed by atoms with Crippen molar-refractivity contribution in [1.29, 1.82) is 0 Å². The van der Waals surface area contributed by atoms with Gasteiger partial charge < -0.3 is 9.52 Å². The zero-order valence-electron chi connectivity index (χ0n) is 14.9. The summed E-state index contributed by atoms with van der Waals surface area (Å²) in [5, 5.41) is 17.9. The zero-order chi connectivity index (χ0) is 20.0. The van der Waals surface area contributed by atoms with Gasteiger partial charge in [-0.3, -0.25) is 4.79 Å². The molecule has 142 valence electrons. The van der Waals surface area contributed by atoms with Crippen molar-refractivity contribution in [2.75, 3.05) is 0 Å². The molecule has 5 rings (SSSR count). The predicted molar refractivity (Wildman–Crippen MR) is 115 cm³/mol. The summed E-state index contributed by atoms with van der Waals surface area (Å²) >= 11 is 7.50. The number of thiophene rings is 1. The van der Waals surface area contributed by atoms with Gasteiger partial charge in [-0.1, -0.05) is 35.9 Å². The van der Waals surface area contributed by atoms with Crippen LogP contribution in [0.5, 0.6) is 5.75 Å². The Morgan fingerprint density at radius 2 is 1.90 bits per heavy atom. The lowest BCUT2D eigenvalue weighted by Crippen LogP contribution is -2.02. The highest BCUT2D eigenvalue weighted by Crippen LogP contribution is 2.38. The molecular formula is C22H13ClN2O3S. The first kappa shape index (κ1) is 17.7. The first-order valence-corrected chi connectivity index (χ1v) is 10.0. The Labute approximate surface area is 174 Å². The maximum absolute atomic E-state index is 12.8. The number of hydrogen-bond donors (Lipinski definition) is 1. The Hall–Kier alpha value is -3.35. The van der Waals surface area contributed by atoms with Gasteiger partial charge in [0.25, 0.3) is 0 Å².